The molecule has 1 nitrogen and oxygen atoms in total. The Kier molecular flexibility index (Phi) is 3.09. The Hall–Kier alpha value is 0.130. The van der Waals surface area contributed by atoms with E-state index in [1.165, 1.54) is 6.07 Å². The Morgan fingerprint density at radius 1 is 1.55 bits per heavy atom. The zero-order valence-corrected chi connectivity index (χ0v) is 8.36. The molecule has 11 heavy (non-hydrogen) atoms. The average Bonchev–Trinajstić information content (AvgIpc) is 1.99. The van der Waals surface area contributed by atoms with Crippen LogP contribution in [-0.2, 0) is 6.61 Å². The SMILES string of the molecule is OCc1c(I)ccc(F)c1Cl. The van der Waals surface area contributed by atoms with Gasteiger partial charge in [0.2, 0.25) is 0 Å². The quantitative estimate of drug-likeness (QED) is 0.621. The highest BCUT2D eigenvalue weighted by atomic mass is 127. The van der Waals surface area contributed by atoms with E-state index in [2.05, 4.69) is 0 Å². The van der Waals surface area contributed by atoms with Crippen molar-refractivity contribution >= 4 is 34.2 Å². The van der Waals surface area contributed by atoms with Crippen LogP contribution in [0.3, 0.4) is 0 Å². The molecule has 0 saturated carbocycles. The van der Waals surface area contributed by atoms with E-state index >= 15 is 0 Å². The van der Waals surface area contributed by atoms with E-state index in [1.807, 2.05) is 22.6 Å². The second kappa shape index (κ2) is 3.69. The van der Waals surface area contributed by atoms with Crippen LogP contribution in [0, 0.1) is 9.39 Å². The number of hydrogen-bond acceptors (Lipinski definition) is 1. The number of aliphatic hydroxyl groups is 1. The van der Waals surface area contributed by atoms with E-state index in [4.69, 9.17) is 16.7 Å². The molecule has 1 aromatic rings. The highest BCUT2D eigenvalue weighted by Gasteiger charge is 2.08. The van der Waals surface area contributed by atoms with Gasteiger partial charge in [-0.25, -0.2) is 4.39 Å². The minimum atomic E-state index is -0.490. The van der Waals surface area contributed by atoms with Crippen molar-refractivity contribution in [2.75, 3.05) is 0 Å². The molecule has 0 aliphatic rings. The summed E-state index contributed by atoms with van der Waals surface area (Å²) in [4.78, 5) is 0. The molecular weight excluding hydrogens is 281 g/mol. The second-order valence-corrected chi connectivity index (χ2v) is 3.52. The van der Waals surface area contributed by atoms with Gasteiger partial charge in [0.1, 0.15) is 5.82 Å². The van der Waals surface area contributed by atoms with Crippen molar-refractivity contribution < 1.29 is 9.50 Å². The van der Waals surface area contributed by atoms with E-state index < -0.39 is 5.82 Å². The third-order valence-corrected chi connectivity index (χ3v) is 2.72. The fourth-order valence-corrected chi connectivity index (χ4v) is 1.72. The summed E-state index contributed by atoms with van der Waals surface area (Å²) in [6, 6.07) is 2.86. The molecule has 1 rings (SSSR count). The summed E-state index contributed by atoms with van der Waals surface area (Å²) in [7, 11) is 0. The summed E-state index contributed by atoms with van der Waals surface area (Å²) in [5.41, 5.74) is 0.451. The normalized spacial score (nSPS) is 10.2. The van der Waals surface area contributed by atoms with E-state index in [1.54, 1.807) is 6.07 Å². The summed E-state index contributed by atoms with van der Waals surface area (Å²) in [5, 5.41) is 8.78. The summed E-state index contributed by atoms with van der Waals surface area (Å²) in [5.74, 6) is -0.490. The van der Waals surface area contributed by atoms with Gasteiger partial charge in [-0.3, -0.25) is 0 Å². The van der Waals surface area contributed by atoms with Gasteiger partial charge in [0, 0.05) is 9.13 Å². The number of halogens is 3. The van der Waals surface area contributed by atoms with Gasteiger partial charge < -0.3 is 5.11 Å². The van der Waals surface area contributed by atoms with Crippen molar-refractivity contribution in [1.29, 1.82) is 0 Å². The maximum Gasteiger partial charge on any atom is 0.142 e. The molecule has 1 aromatic carbocycles. The van der Waals surface area contributed by atoms with Crippen LogP contribution in [-0.4, -0.2) is 5.11 Å². The van der Waals surface area contributed by atoms with Crippen LogP contribution in [0.25, 0.3) is 0 Å². The summed E-state index contributed by atoms with van der Waals surface area (Å²) >= 11 is 7.55. The van der Waals surface area contributed by atoms with Crippen molar-refractivity contribution in [2.24, 2.45) is 0 Å². The fraction of sp³-hybridized carbons (Fsp3) is 0.143. The van der Waals surface area contributed by atoms with Gasteiger partial charge in [-0.05, 0) is 34.7 Å². The average molecular weight is 286 g/mol. The first kappa shape index (κ1) is 9.22. The zero-order chi connectivity index (χ0) is 8.43. The molecule has 0 bridgehead atoms. The summed E-state index contributed by atoms with van der Waals surface area (Å²) < 4.78 is 13.5. The van der Waals surface area contributed by atoms with Crippen LogP contribution >= 0.6 is 34.2 Å². The highest BCUT2D eigenvalue weighted by Crippen LogP contribution is 2.24. The molecule has 1 N–H and O–H groups in total. The summed E-state index contributed by atoms with van der Waals surface area (Å²) in [6.07, 6.45) is 0. The van der Waals surface area contributed by atoms with Crippen LogP contribution in [0.1, 0.15) is 5.56 Å². The van der Waals surface area contributed by atoms with Crippen molar-refractivity contribution in [2.45, 2.75) is 6.61 Å². The first-order chi connectivity index (χ1) is 5.16. The first-order valence-electron chi connectivity index (χ1n) is 2.90. The lowest BCUT2D eigenvalue weighted by Crippen LogP contribution is -1.92. The van der Waals surface area contributed by atoms with Crippen molar-refractivity contribution in [3.8, 4) is 0 Å². The van der Waals surface area contributed by atoms with Crippen molar-refractivity contribution in [3.05, 3.63) is 32.1 Å². The van der Waals surface area contributed by atoms with Gasteiger partial charge in [-0.2, -0.15) is 0 Å². The second-order valence-electron chi connectivity index (χ2n) is 1.98. The molecule has 4 heteroatoms. The molecule has 0 aliphatic carbocycles. The lowest BCUT2D eigenvalue weighted by molar-refractivity contribution is 0.280. The smallest absolute Gasteiger partial charge is 0.142 e. The van der Waals surface area contributed by atoms with E-state index in [0.717, 1.165) is 3.57 Å². The van der Waals surface area contributed by atoms with Gasteiger partial charge in [0.25, 0.3) is 0 Å². The lowest BCUT2D eigenvalue weighted by Gasteiger charge is -2.03. The van der Waals surface area contributed by atoms with Gasteiger partial charge in [0.15, 0.2) is 0 Å². The Morgan fingerprint density at radius 2 is 2.18 bits per heavy atom. The highest BCUT2D eigenvalue weighted by molar-refractivity contribution is 14.1. The summed E-state index contributed by atoms with van der Waals surface area (Å²) in [6.45, 7) is -0.227. The number of hydrogen-bond donors (Lipinski definition) is 1. The van der Waals surface area contributed by atoms with Crippen LogP contribution in [0.4, 0.5) is 4.39 Å². The van der Waals surface area contributed by atoms with Crippen LogP contribution in [0.15, 0.2) is 12.1 Å². The van der Waals surface area contributed by atoms with Gasteiger partial charge in [-0.15, -0.1) is 0 Å². The zero-order valence-electron chi connectivity index (χ0n) is 5.44. The van der Waals surface area contributed by atoms with Gasteiger partial charge >= 0.3 is 0 Å². The Labute approximate surface area is 82.3 Å². The molecule has 0 heterocycles. The molecule has 0 aromatic heterocycles. The minimum absolute atomic E-state index is 0.0133. The van der Waals surface area contributed by atoms with Gasteiger partial charge in [-0.1, -0.05) is 11.6 Å². The largest absolute Gasteiger partial charge is 0.392 e. The molecule has 0 saturated heterocycles. The minimum Gasteiger partial charge on any atom is -0.392 e. The maximum absolute atomic E-state index is 12.7. The van der Waals surface area contributed by atoms with Gasteiger partial charge in [0.05, 0.1) is 11.6 Å². The number of benzene rings is 1. The molecule has 0 radical (unpaired) electrons. The van der Waals surface area contributed by atoms with Crippen LogP contribution in [0.5, 0.6) is 0 Å². The predicted octanol–water partition coefficient (Wildman–Crippen LogP) is 2.58. The standard InChI is InChI=1S/C7H5ClFIO/c8-7-4(3-11)6(10)2-1-5(7)9/h1-2,11H,3H2. The first-order valence-corrected chi connectivity index (χ1v) is 4.35. The van der Waals surface area contributed by atoms with E-state index in [9.17, 15) is 4.39 Å². The molecule has 0 unspecified atom stereocenters. The Bertz CT molecular complexity index is 277. The third-order valence-electron chi connectivity index (χ3n) is 1.30. The molecule has 0 amide bonds. The molecule has 0 spiro atoms. The molecule has 0 fully saturated rings. The van der Waals surface area contributed by atoms with E-state index in [-0.39, 0.29) is 11.6 Å². The van der Waals surface area contributed by atoms with Crippen molar-refractivity contribution in [3.63, 3.8) is 0 Å². The Balaban J connectivity index is 3.29. The van der Waals surface area contributed by atoms with Crippen LogP contribution in [0.2, 0.25) is 5.02 Å². The number of rotatable bonds is 1. The Morgan fingerprint density at radius 3 is 2.64 bits per heavy atom. The topological polar surface area (TPSA) is 20.2 Å². The lowest BCUT2D eigenvalue weighted by atomic mass is 10.2. The van der Waals surface area contributed by atoms with Crippen LogP contribution < -0.4 is 0 Å². The molecule has 0 atom stereocenters. The molecule has 60 valence electrons. The molecule has 0 aliphatic heterocycles. The predicted molar refractivity (Wildman–Crippen MR) is 50.0 cm³/mol. The number of aliphatic hydroxyl groups excluding tert-OH is 1. The monoisotopic (exact) mass is 286 g/mol. The molecular formula is C7H5ClFIO. The maximum atomic E-state index is 12.7. The van der Waals surface area contributed by atoms with E-state index in [0.29, 0.717) is 5.56 Å². The third kappa shape index (κ3) is 1.83. The fourth-order valence-electron chi connectivity index (χ4n) is 0.714. The van der Waals surface area contributed by atoms with Crippen molar-refractivity contribution in [1.82, 2.24) is 0 Å².